The smallest absolute Gasteiger partial charge is 0.258 e. The minimum absolute atomic E-state index is 0.0196. The number of aromatic nitrogens is 2. The Bertz CT molecular complexity index is 1100. The number of carbonyl (C=O) groups excluding carboxylic acids is 1. The summed E-state index contributed by atoms with van der Waals surface area (Å²) >= 11 is 0. The zero-order valence-electron chi connectivity index (χ0n) is 18.0. The van der Waals surface area contributed by atoms with E-state index in [1.165, 1.54) is 0 Å². The number of aryl methyl sites for hydroxylation is 1. The molecule has 0 spiro atoms. The van der Waals surface area contributed by atoms with E-state index >= 15 is 0 Å². The summed E-state index contributed by atoms with van der Waals surface area (Å²) in [7, 11) is 1.65. The van der Waals surface area contributed by atoms with Crippen LogP contribution in [0.5, 0.6) is 5.75 Å². The Morgan fingerprint density at radius 2 is 1.81 bits per heavy atom. The maximum atomic E-state index is 12.7. The molecule has 3 aromatic rings. The molecule has 1 unspecified atom stereocenters. The predicted molar refractivity (Wildman–Crippen MR) is 120 cm³/mol. The van der Waals surface area contributed by atoms with Gasteiger partial charge in [-0.2, -0.15) is 0 Å². The van der Waals surface area contributed by atoms with Gasteiger partial charge in [0.2, 0.25) is 5.91 Å². The number of methoxy groups -OCH3 is 1. The largest absolute Gasteiger partial charge is 0.497 e. The zero-order valence-corrected chi connectivity index (χ0v) is 18.0. The third kappa shape index (κ3) is 4.77. The lowest BCUT2D eigenvalue weighted by molar-refractivity contribution is -0.133. The van der Waals surface area contributed by atoms with Crippen molar-refractivity contribution in [2.75, 3.05) is 33.3 Å². The van der Waals surface area contributed by atoms with Gasteiger partial charge in [0.05, 0.1) is 24.1 Å². The van der Waals surface area contributed by atoms with Gasteiger partial charge in [-0.25, -0.2) is 4.98 Å². The number of amides is 1. The quantitative estimate of drug-likeness (QED) is 0.663. The number of hydrogen-bond donors (Lipinski definition) is 1. The molecule has 2 aromatic carbocycles. The summed E-state index contributed by atoms with van der Waals surface area (Å²) in [6, 6.07) is 15.2. The van der Waals surface area contributed by atoms with Gasteiger partial charge in [-0.1, -0.05) is 24.3 Å². The SMILES string of the molecule is COc1ccc(CCC(=O)N2CCN(C(C)c3nc4ccccc4c(=O)[nH]3)CC2)cc1. The van der Waals surface area contributed by atoms with Crippen LogP contribution in [0.1, 0.15) is 30.8 Å². The van der Waals surface area contributed by atoms with Gasteiger partial charge in [0.15, 0.2) is 0 Å². The number of nitrogens with zero attached hydrogens (tertiary/aromatic N) is 3. The molecular weight excluding hydrogens is 392 g/mol. The molecule has 0 bridgehead atoms. The van der Waals surface area contributed by atoms with Crippen molar-refractivity contribution in [2.45, 2.75) is 25.8 Å². The maximum Gasteiger partial charge on any atom is 0.258 e. The first-order valence-corrected chi connectivity index (χ1v) is 10.7. The van der Waals surface area contributed by atoms with E-state index in [4.69, 9.17) is 4.74 Å². The molecule has 1 saturated heterocycles. The highest BCUT2D eigenvalue weighted by Gasteiger charge is 2.26. The van der Waals surface area contributed by atoms with E-state index in [-0.39, 0.29) is 17.5 Å². The normalized spacial score (nSPS) is 15.7. The van der Waals surface area contributed by atoms with Crippen molar-refractivity contribution in [3.63, 3.8) is 0 Å². The van der Waals surface area contributed by atoms with Crippen LogP contribution in [0.25, 0.3) is 10.9 Å². The minimum Gasteiger partial charge on any atom is -0.497 e. The van der Waals surface area contributed by atoms with Gasteiger partial charge in [0, 0.05) is 32.6 Å². The molecule has 4 rings (SSSR count). The fraction of sp³-hybridized carbons (Fsp3) is 0.375. The molecule has 1 fully saturated rings. The second kappa shape index (κ2) is 9.31. The number of rotatable bonds is 6. The number of ether oxygens (including phenoxy) is 1. The van der Waals surface area contributed by atoms with Crippen LogP contribution >= 0.6 is 0 Å². The predicted octanol–water partition coefficient (Wildman–Crippen LogP) is 2.77. The summed E-state index contributed by atoms with van der Waals surface area (Å²) in [5, 5.41) is 0.603. The van der Waals surface area contributed by atoms with Gasteiger partial charge in [0.25, 0.3) is 5.56 Å². The summed E-state index contributed by atoms with van der Waals surface area (Å²) in [5.74, 6) is 1.67. The summed E-state index contributed by atoms with van der Waals surface area (Å²) < 4.78 is 5.17. The Morgan fingerprint density at radius 3 is 2.52 bits per heavy atom. The van der Waals surface area contributed by atoms with Crippen LogP contribution in [-0.4, -0.2) is 59.0 Å². The molecule has 7 nitrogen and oxygen atoms in total. The van der Waals surface area contributed by atoms with Crippen molar-refractivity contribution in [3.8, 4) is 5.75 Å². The van der Waals surface area contributed by atoms with Crippen molar-refractivity contribution in [2.24, 2.45) is 0 Å². The molecule has 2 heterocycles. The van der Waals surface area contributed by atoms with Crippen molar-refractivity contribution in [1.82, 2.24) is 19.8 Å². The van der Waals surface area contributed by atoms with Crippen LogP contribution in [0.15, 0.2) is 53.3 Å². The second-order valence-electron chi connectivity index (χ2n) is 7.91. The van der Waals surface area contributed by atoms with Crippen molar-refractivity contribution in [1.29, 1.82) is 0 Å². The highest BCUT2D eigenvalue weighted by molar-refractivity contribution is 5.77. The molecule has 0 radical (unpaired) electrons. The number of hydrogen-bond acceptors (Lipinski definition) is 5. The molecule has 0 saturated carbocycles. The minimum atomic E-state index is -0.111. The van der Waals surface area contributed by atoms with Crippen molar-refractivity contribution >= 4 is 16.8 Å². The number of para-hydroxylation sites is 1. The van der Waals surface area contributed by atoms with Crippen molar-refractivity contribution in [3.05, 3.63) is 70.3 Å². The summed E-state index contributed by atoms with van der Waals surface area (Å²) in [6.45, 7) is 4.93. The molecule has 1 amide bonds. The molecule has 31 heavy (non-hydrogen) atoms. The van der Waals surface area contributed by atoms with Gasteiger partial charge < -0.3 is 14.6 Å². The number of benzene rings is 2. The van der Waals surface area contributed by atoms with E-state index in [0.717, 1.165) is 30.8 Å². The zero-order chi connectivity index (χ0) is 21.8. The Labute approximate surface area is 181 Å². The molecule has 162 valence electrons. The number of aromatic amines is 1. The molecule has 1 aliphatic rings. The topological polar surface area (TPSA) is 78.5 Å². The highest BCUT2D eigenvalue weighted by Crippen LogP contribution is 2.20. The summed E-state index contributed by atoms with van der Waals surface area (Å²) in [6.07, 6.45) is 1.23. The van der Waals surface area contributed by atoms with E-state index in [1.807, 2.05) is 54.3 Å². The molecule has 1 N–H and O–H groups in total. The lowest BCUT2D eigenvalue weighted by Gasteiger charge is -2.37. The Kier molecular flexibility index (Phi) is 6.32. The first-order chi connectivity index (χ1) is 15.0. The van der Waals surface area contributed by atoms with Crippen LogP contribution in [0.3, 0.4) is 0 Å². The molecule has 0 aliphatic carbocycles. The number of piperazine rings is 1. The van der Waals surface area contributed by atoms with E-state index < -0.39 is 0 Å². The molecule has 1 aliphatic heterocycles. The highest BCUT2D eigenvalue weighted by atomic mass is 16.5. The molecular formula is C24H28N4O3. The lowest BCUT2D eigenvalue weighted by Crippen LogP contribution is -2.49. The lowest BCUT2D eigenvalue weighted by atomic mass is 10.1. The van der Waals surface area contributed by atoms with Gasteiger partial charge in [-0.15, -0.1) is 0 Å². The van der Waals surface area contributed by atoms with Crippen molar-refractivity contribution < 1.29 is 9.53 Å². The first kappa shape index (κ1) is 21.1. The molecule has 1 aromatic heterocycles. The van der Waals surface area contributed by atoms with Crippen LogP contribution in [0, 0.1) is 0 Å². The van der Waals surface area contributed by atoms with Crippen LogP contribution in [-0.2, 0) is 11.2 Å². The number of carbonyl (C=O) groups is 1. The van der Waals surface area contributed by atoms with Crippen LogP contribution < -0.4 is 10.3 Å². The Balaban J connectivity index is 1.32. The van der Waals surface area contributed by atoms with E-state index in [9.17, 15) is 9.59 Å². The van der Waals surface area contributed by atoms with E-state index in [2.05, 4.69) is 14.9 Å². The third-order valence-corrected chi connectivity index (χ3v) is 6.03. The van der Waals surface area contributed by atoms with Gasteiger partial charge >= 0.3 is 0 Å². The molecule has 7 heteroatoms. The van der Waals surface area contributed by atoms with Gasteiger partial charge in [0.1, 0.15) is 11.6 Å². The second-order valence-corrected chi connectivity index (χ2v) is 7.91. The van der Waals surface area contributed by atoms with E-state index in [1.54, 1.807) is 13.2 Å². The van der Waals surface area contributed by atoms with Crippen LogP contribution in [0.2, 0.25) is 0 Å². The standard InChI is InChI=1S/C24H28N4O3/c1-17(23-25-21-6-4-3-5-20(21)24(30)26-23)27-13-15-28(16-14-27)22(29)12-9-18-7-10-19(31-2)11-8-18/h3-8,10-11,17H,9,12-16H2,1-2H3,(H,25,26,30). The Hall–Kier alpha value is -3.19. The fourth-order valence-electron chi connectivity index (χ4n) is 4.04. The van der Waals surface area contributed by atoms with Gasteiger partial charge in [-0.05, 0) is 43.2 Å². The molecule has 1 atom stereocenters. The average molecular weight is 421 g/mol. The number of nitrogens with one attached hydrogen (secondary N) is 1. The first-order valence-electron chi connectivity index (χ1n) is 10.7. The number of fused-ring (bicyclic) bond motifs is 1. The third-order valence-electron chi connectivity index (χ3n) is 6.03. The fourth-order valence-corrected chi connectivity index (χ4v) is 4.04. The van der Waals surface area contributed by atoms with Gasteiger partial charge in [-0.3, -0.25) is 14.5 Å². The van der Waals surface area contributed by atoms with Crippen LogP contribution in [0.4, 0.5) is 0 Å². The summed E-state index contributed by atoms with van der Waals surface area (Å²) in [5.41, 5.74) is 1.73. The monoisotopic (exact) mass is 420 g/mol. The average Bonchev–Trinajstić information content (AvgIpc) is 2.82. The summed E-state index contributed by atoms with van der Waals surface area (Å²) in [4.78, 5) is 36.8. The Morgan fingerprint density at radius 1 is 1.10 bits per heavy atom. The van der Waals surface area contributed by atoms with E-state index in [0.29, 0.717) is 36.2 Å². The maximum absolute atomic E-state index is 12.7. The number of H-pyrrole nitrogens is 1.